The maximum atomic E-state index is 11.4. The molecule has 82 valence electrons. The number of hydrogen-bond donors (Lipinski definition) is 1. The largest absolute Gasteiger partial charge is 0.391 e. The summed E-state index contributed by atoms with van der Waals surface area (Å²) in [6.07, 6.45) is 4.72. The third-order valence-electron chi connectivity index (χ3n) is 3.07. The van der Waals surface area contributed by atoms with E-state index in [2.05, 4.69) is 0 Å². The molecule has 0 bridgehead atoms. The molecule has 2 unspecified atom stereocenters. The van der Waals surface area contributed by atoms with Crippen LogP contribution in [0.3, 0.4) is 0 Å². The molecular weight excluding hydrogens is 178 g/mol. The van der Waals surface area contributed by atoms with Crippen LogP contribution in [0.15, 0.2) is 0 Å². The molecule has 1 heterocycles. The molecule has 2 atom stereocenters. The van der Waals surface area contributed by atoms with Crippen molar-refractivity contribution in [1.29, 1.82) is 0 Å². The molecule has 0 saturated carbocycles. The van der Waals surface area contributed by atoms with E-state index in [9.17, 15) is 9.90 Å². The molecule has 1 saturated heterocycles. The highest BCUT2D eigenvalue weighted by Gasteiger charge is 2.27. The Morgan fingerprint density at radius 1 is 1.50 bits per heavy atom. The summed E-state index contributed by atoms with van der Waals surface area (Å²) < 4.78 is 0. The summed E-state index contributed by atoms with van der Waals surface area (Å²) in [5.74, 6) is 0.101. The highest BCUT2D eigenvalue weighted by Crippen LogP contribution is 2.20. The van der Waals surface area contributed by atoms with Gasteiger partial charge in [-0.1, -0.05) is 19.8 Å². The number of hydrogen-bond acceptors (Lipinski definition) is 2. The van der Waals surface area contributed by atoms with Gasteiger partial charge < -0.3 is 10.0 Å². The SMILES string of the molecule is CCC(O)C1CCCCCN1C(C)=O. The summed E-state index contributed by atoms with van der Waals surface area (Å²) in [7, 11) is 0. The molecule has 0 aliphatic carbocycles. The van der Waals surface area contributed by atoms with Crippen LogP contribution in [0.1, 0.15) is 46.0 Å². The van der Waals surface area contributed by atoms with Crippen LogP contribution in [-0.2, 0) is 4.79 Å². The smallest absolute Gasteiger partial charge is 0.219 e. The first-order valence-corrected chi connectivity index (χ1v) is 5.62. The Kier molecular flexibility index (Phi) is 4.39. The average molecular weight is 199 g/mol. The van der Waals surface area contributed by atoms with Crippen molar-refractivity contribution >= 4 is 5.91 Å². The Labute approximate surface area is 86.1 Å². The van der Waals surface area contributed by atoms with Gasteiger partial charge in [-0.25, -0.2) is 0 Å². The van der Waals surface area contributed by atoms with Gasteiger partial charge in [-0.15, -0.1) is 0 Å². The summed E-state index contributed by atoms with van der Waals surface area (Å²) in [5.41, 5.74) is 0. The standard InChI is InChI=1S/C11H21NO2/c1-3-11(14)10-7-5-4-6-8-12(10)9(2)13/h10-11,14H,3-8H2,1-2H3. The zero-order valence-electron chi connectivity index (χ0n) is 9.20. The van der Waals surface area contributed by atoms with E-state index >= 15 is 0 Å². The zero-order valence-corrected chi connectivity index (χ0v) is 9.20. The van der Waals surface area contributed by atoms with Gasteiger partial charge in [0.25, 0.3) is 0 Å². The number of aliphatic hydroxyl groups is 1. The summed E-state index contributed by atoms with van der Waals surface area (Å²) in [5, 5.41) is 9.83. The van der Waals surface area contributed by atoms with Crippen molar-refractivity contribution in [3.05, 3.63) is 0 Å². The topological polar surface area (TPSA) is 40.5 Å². The summed E-state index contributed by atoms with van der Waals surface area (Å²) in [6.45, 7) is 4.38. The van der Waals surface area contributed by atoms with Gasteiger partial charge in [0.15, 0.2) is 0 Å². The molecule has 0 radical (unpaired) electrons. The Balaban J connectivity index is 2.68. The van der Waals surface area contributed by atoms with Gasteiger partial charge in [0.1, 0.15) is 0 Å². The highest BCUT2D eigenvalue weighted by molar-refractivity contribution is 5.73. The maximum Gasteiger partial charge on any atom is 0.219 e. The molecule has 3 heteroatoms. The van der Waals surface area contributed by atoms with E-state index in [1.54, 1.807) is 6.92 Å². The minimum absolute atomic E-state index is 0.0556. The van der Waals surface area contributed by atoms with E-state index in [0.717, 1.165) is 32.2 Å². The molecular formula is C11H21NO2. The van der Waals surface area contributed by atoms with Crippen molar-refractivity contribution in [3.8, 4) is 0 Å². The van der Waals surface area contributed by atoms with Crippen LogP contribution >= 0.6 is 0 Å². The zero-order chi connectivity index (χ0) is 10.6. The van der Waals surface area contributed by atoms with E-state index in [1.165, 1.54) is 6.42 Å². The number of rotatable bonds is 2. The second-order valence-electron chi connectivity index (χ2n) is 4.10. The second-order valence-corrected chi connectivity index (χ2v) is 4.10. The lowest BCUT2D eigenvalue weighted by atomic mass is 10.0. The van der Waals surface area contributed by atoms with Gasteiger partial charge in [-0.3, -0.25) is 4.79 Å². The Morgan fingerprint density at radius 3 is 2.79 bits per heavy atom. The monoisotopic (exact) mass is 199 g/mol. The number of carbonyl (C=O) groups excluding carboxylic acids is 1. The van der Waals surface area contributed by atoms with Gasteiger partial charge in [0, 0.05) is 13.5 Å². The highest BCUT2D eigenvalue weighted by atomic mass is 16.3. The minimum atomic E-state index is -0.350. The first-order chi connectivity index (χ1) is 6.66. The maximum absolute atomic E-state index is 11.4. The van der Waals surface area contributed by atoms with E-state index in [0.29, 0.717) is 0 Å². The van der Waals surface area contributed by atoms with Crippen LogP contribution in [0, 0.1) is 0 Å². The Morgan fingerprint density at radius 2 is 2.21 bits per heavy atom. The minimum Gasteiger partial charge on any atom is -0.391 e. The van der Waals surface area contributed by atoms with Crippen LogP contribution in [0.25, 0.3) is 0 Å². The average Bonchev–Trinajstić information content (AvgIpc) is 2.41. The number of carbonyl (C=O) groups is 1. The van der Waals surface area contributed by atoms with Crippen molar-refractivity contribution in [3.63, 3.8) is 0 Å². The van der Waals surface area contributed by atoms with Crippen molar-refractivity contribution in [1.82, 2.24) is 4.90 Å². The quantitative estimate of drug-likeness (QED) is 0.733. The number of amides is 1. The molecule has 14 heavy (non-hydrogen) atoms. The number of likely N-dealkylation sites (tertiary alicyclic amines) is 1. The third-order valence-corrected chi connectivity index (χ3v) is 3.07. The predicted octanol–water partition coefficient (Wildman–Crippen LogP) is 1.55. The second kappa shape index (κ2) is 5.35. The van der Waals surface area contributed by atoms with Gasteiger partial charge >= 0.3 is 0 Å². The molecule has 0 aromatic carbocycles. The van der Waals surface area contributed by atoms with Crippen LogP contribution in [0.2, 0.25) is 0 Å². The van der Waals surface area contributed by atoms with E-state index in [-0.39, 0.29) is 18.1 Å². The summed E-state index contributed by atoms with van der Waals surface area (Å²) in [4.78, 5) is 13.2. The van der Waals surface area contributed by atoms with Gasteiger partial charge in [-0.2, -0.15) is 0 Å². The Bertz CT molecular complexity index is 194. The molecule has 1 rings (SSSR count). The fourth-order valence-electron chi connectivity index (χ4n) is 2.20. The fourth-order valence-corrected chi connectivity index (χ4v) is 2.20. The normalized spacial score (nSPS) is 25.6. The van der Waals surface area contributed by atoms with Gasteiger partial charge in [-0.05, 0) is 19.3 Å². The molecule has 0 aromatic heterocycles. The molecule has 3 nitrogen and oxygen atoms in total. The summed E-state index contributed by atoms with van der Waals surface area (Å²) in [6, 6.07) is 0.0556. The van der Waals surface area contributed by atoms with Crippen LogP contribution in [-0.4, -0.2) is 34.6 Å². The Hall–Kier alpha value is -0.570. The lowest BCUT2D eigenvalue weighted by molar-refractivity contribution is -0.133. The molecule has 1 amide bonds. The molecule has 1 aliphatic rings. The van der Waals surface area contributed by atoms with E-state index in [4.69, 9.17) is 0 Å². The van der Waals surface area contributed by atoms with Crippen LogP contribution < -0.4 is 0 Å². The van der Waals surface area contributed by atoms with Crippen molar-refractivity contribution in [2.75, 3.05) is 6.54 Å². The fraction of sp³-hybridized carbons (Fsp3) is 0.909. The van der Waals surface area contributed by atoms with Crippen molar-refractivity contribution in [2.24, 2.45) is 0 Å². The van der Waals surface area contributed by atoms with Gasteiger partial charge in [0.2, 0.25) is 5.91 Å². The number of aliphatic hydroxyl groups excluding tert-OH is 1. The third kappa shape index (κ3) is 2.71. The first-order valence-electron chi connectivity index (χ1n) is 5.62. The molecule has 1 fully saturated rings. The molecule has 1 aliphatic heterocycles. The lowest BCUT2D eigenvalue weighted by Gasteiger charge is -2.32. The predicted molar refractivity (Wildman–Crippen MR) is 55.9 cm³/mol. The van der Waals surface area contributed by atoms with Crippen LogP contribution in [0.4, 0.5) is 0 Å². The number of nitrogens with zero attached hydrogens (tertiary/aromatic N) is 1. The van der Waals surface area contributed by atoms with Crippen LogP contribution in [0.5, 0.6) is 0 Å². The molecule has 0 spiro atoms. The van der Waals surface area contributed by atoms with Crippen molar-refractivity contribution < 1.29 is 9.90 Å². The van der Waals surface area contributed by atoms with E-state index < -0.39 is 0 Å². The molecule has 0 aromatic rings. The van der Waals surface area contributed by atoms with Crippen molar-refractivity contribution in [2.45, 2.75) is 58.1 Å². The lowest BCUT2D eigenvalue weighted by Crippen LogP contribution is -2.45. The first kappa shape index (κ1) is 11.5. The summed E-state index contributed by atoms with van der Waals surface area (Å²) >= 11 is 0. The van der Waals surface area contributed by atoms with Gasteiger partial charge in [0.05, 0.1) is 12.1 Å². The van der Waals surface area contributed by atoms with E-state index in [1.807, 2.05) is 11.8 Å². The molecule has 1 N–H and O–H groups in total.